The number of rotatable bonds is 8. The molecule has 2 fully saturated rings. The first kappa shape index (κ1) is 28.0. The fraction of sp³-hybridized carbons (Fsp3) is 0.438. The van der Waals surface area contributed by atoms with Gasteiger partial charge in [-0.15, -0.1) is 5.10 Å². The Morgan fingerprint density at radius 3 is 2.42 bits per heavy atom. The van der Waals surface area contributed by atoms with E-state index in [2.05, 4.69) is 45.3 Å². The molecule has 0 amide bonds. The van der Waals surface area contributed by atoms with Crippen LogP contribution in [0, 0.1) is 18.8 Å². The summed E-state index contributed by atoms with van der Waals surface area (Å²) in [7, 11) is -1.78. The van der Waals surface area contributed by atoms with Gasteiger partial charge in [-0.05, 0) is 63.0 Å². The summed E-state index contributed by atoms with van der Waals surface area (Å²) in [6.45, 7) is 5.44. The molecule has 0 bridgehead atoms. The molecule has 2 aliphatic rings. The number of aromatic nitrogens is 6. The molecule has 1 saturated heterocycles. The first-order valence-corrected chi connectivity index (χ1v) is 16.9. The van der Waals surface area contributed by atoms with E-state index in [1.807, 2.05) is 38.4 Å². The van der Waals surface area contributed by atoms with Crippen LogP contribution < -0.4 is 5.32 Å². The standard InChI is InChI=1S/C32H37N7O3S/c1-19(21-10-11-21)35-32-27-28-25(16-24(17-33-28)29-20(2)36-37-38(29)3)39(31(27)26(18-34-32)43(4,40)41)30(22-8-6-5-7-9-22)23-12-14-42-15-13-23/h5-9,16-19,21,23,30H,10-15H2,1-4H3,(H,34,35)/t19-,30-/m1/s1. The van der Waals surface area contributed by atoms with Crippen molar-refractivity contribution in [2.24, 2.45) is 18.9 Å². The number of nitrogens with one attached hydrogen (secondary N) is 1. The van der Waals surface area contributed by atoms with E-state index in [1.165, 1.54) is 25.3 Å². The second-order valence-electron chi connectivity index (χ2n) is 12.2. The molecule has 0 spiro atoms. The fourth-order valence-electron chi connectivity index (χ4n) is 6.80. The quantitative estimate of drug-likeness (QED) is 0.255. The van der Waals surface area contributed by atoms with Gasteiger partial charge in [0, 0.05) is 44.3 Å². The molecule has 7 rings (SSSR count). The molecule has 11 heteroatoms. The van der Waals surface area contributed by atoms with Gasteiger partial charge in [0.25, 0.3) is 0 Å². The zero-order valence-corrected chi connectivity index (χ0v) is 25.8. The zero-order chi connectivity index (χ0) is 29.9. The Morgan fingerprint density at radius 2 is 1.77 bits per heavy atom. The van der Waals surface area contributed by atoms with Crippen LogP contribution in [0.1, 0.15) is 49.9 Å². The largest absolute Gasteiger partial charge is 0.381 e. The summed E-state index contributed by atoms with van der Waals surface area (Å²) >= 11 is 0. The van der Waals surface area contributed by atoms with Crippen LogP contribution in [-0.2, 0) is 21.6 Å². The van der Waals surface area contributed by atoms with Gasteiger partial charge in [-0.3, -0.25) is 4.98 Å². The monoisotopic (exact) mass is 599 g/mol. The first-order chi connectivity index (χ1) is 20.7. The van der Waals surface area contributed by atoms with Gasteiger partial charge in [-0.25, -0.2) is 18.1 Å². The fourth-order valence-corrected chi connectivity index (χ4v) is 7.59. The molecule has 43 heavy (non-hydrogen) atoms. The van der Waals surface area contributed by atoms with Gasteiger partial charge in [-0.1, -0.05) is 35.5 Å². The minimum Gasteiger partial charge on any atom is -0.381 e. The van der Waals surface area contributed by atoms with E-state index in [0.717, 1.165) is 51.8 Å². The molecular weight excluding hydrogens is 562 g/mol. The van der Waals surface area contributed by atoms with Crippen LogP contribution in [0.5, 0.6) is 0 Å². The number of anilines is 1. The second kappa shape index (κ2) is 10.7. The lowest BCUT2D eigenvalue weighted by molar-refractivity contribution is 0.0552. The molecular formula is C32H37N7O3S. The summed E-state index contributed by atoms with van der Waals surface area (Å²) in [4.78, 5) is 10.0. The molecule has 1 aromatic carbocycles. The van der Waals surface area contributed by atoms with E-state index in [1.54, 1.807) is 4.68 Å². The van der Waals surface area contributed by atoms with E-state index in [-0.39, 0.29) is 22.9 Å². The van der Waals surface area contributed by atoms with E-state index >= 15 is 0 Å². The summed E-state index contributed by atoms with van der Waals surface area (Å²) in [6.07, 6.45) is 8.71. The van der Waals surface area contributed by atoms with Crippen LogP contribution in [0.15, 0.2) is 53.7 Å². The zero-order valence-electron chi connectivity index (χ0n) is 25.0. The van der Waals surface area contributed by atoms with Crippen LogP contribution in [0.4, 0.5) is 5.82 Å². The maximum absolute atomic E-state index is 13.5. The molecule has 1 aliphatic heterocycles. The number of benzene rings is 1. The third-order valence-electron chi connectivity index (χ3n) is 9.12. The third-order valence-corrected chi connectivity index (χ3v) is 10.2. The van der Waals surface area contributed by atoms with Gasteiger partial charge in [0.15, 0.2) is 9.84 Å². The van der Waals surface area contributed by atoms with Gasteiger partial charge < -0.3 is 14.6 Å². The highest BCUT2D eigenvalue weighted by atomic mass is 32.2. The van der Waals surface area contributed by atoms with Crippen molar-refractivity contribution in [1.29, 1.82) is 0 Å². The van der Waals surface area contributed by atoms with Crippen molar-refractivity contribution in [3.63, 3.8) is 0 Å². The first-order valence-electron chi connectivity index (χ1n) is 15.0. The Balaban J connectivity index is 1.61. The average Bonchev–Trinajstić information content (AvgIpc) is 3.73. The van der Waals surface area contributed by atoms with E-state index in [9.17, 15) is 8.42 Å². The summed E-state index contributed by atoms with van der Waals surface area (Å²) in [6, 6.07) is 12.6. The molecule has 10 nitrogen and oxygen atoms in total. The maximum Gasteiger partial charge on any atom is 0.179 e. The number of hydrogen-bond acceptors (Lipinski definition) is 8. The molecule has 224 valence electrons. The smallest absolute Gasteiger partial charge is 0.179 e. The lowest BCUT2D eigenvalue weighted by Gasteiger charge is -2.33. The summed E-state index contributed by atoms with van der Waals surface area (Å²) < 4.78 is 36.7. The van der Waals surface area contributed by atoms with Crippen LogP contribution >= 0.6 is 0 Å². The highest BCUT2D eigenvalue weighted by Gasteiger charge is 2.35. The third kappa shape index (κ3) is 4.98. The van der Waals surface area contributed by atoms with Crippen molar-refractivity contribution in [2.75, 3.05) is 24.8 Å². The minimum absolute atomic E-state index is 0.149. The number of ether oxygens (including phenoxy) is 1. The Labute approximate surface area is 251 Å². The Morgan fingerprint density at radius 1 is 1.02 bits per heavy atom. The number of aryl methyl sites for hydroxylation is 2. The number of fused-ring (bicyclic) bond motifs is 3. The number of pyridine rings is 2. The van der Waals surface area contributed by atoms with Crippen molar-refractivity contribution in [2.45, 2.75) is 56.5 Å². The normalized spacial score (nSPS) is 17.9. The van der Waals surface area contributed by atoms with Gasteiger partial charge in [0.05, 0.1) is 45.6 Å². The average molecular weight is 600 g/mol. The summed E-state index contributed by atoms with van der Waals surface area (Å²) in [5.41, 5.74) is 5.88. The predicted octanol–water partition coefficient (Wildman–Crippen LogP) is 5.32. The second-order valence-corrected chi connectivity index (χ2v) is 14.1. The van der Waals surface area contributed by atoms with E-state index in [4.69, 9.17) is 14.7 Å². The maximum atomic E-state index is 13.5. The minimum atomic E-state index is -3.65. The Bertz CT molecular complexity index is 1900. The van der Waals surface area contributed by atoms with Gasteiger partial charge in [0.1, 0.15) is 10.7 Å². The predicted molar refractivity (Wildman–Crippen MR) is 167 cm³/mol. The van der Waals surface area contributed by atoms with E-state index < -0.39 is 9.84 Å². The number of sulfone groups is 1. The van der Waals surface area contributed by atoms with Crippen LogP contribution in [0.25, 0.3) is 33.2 Å². The topological polar surface area (TPSA) is 117 Å². The molecule has 1 aliphatic carbocycles. The SMILES string of the molecule is Cc1nnn(C)c1-c1cnc2c3c(N[C@H](C)C4CC4)ncc(S(C)(=O)=O)c3n([C@H](c3ccccc3)C3CCOCC3)c2c1. The van der Waals surface area contributed by atoms with Crippen molar-refractivity contribution in [3.8, 4) is 11.3 Å². The van der Waals surface area contributed by atoms with Crippen molar-refractivity contribution >= 4 is 37.6 Å². The molecule has 1 saturated carbocycles. The van der Waals surface area contributed by atoms with Crippen molar-refractivity contribution in [3.05, 3.63) is 60.0 Å². The number of nitrogens with zero attached hydrogens (tertiary/aromatic N) is 6. The van der Waals surface area contributed by atoms with Gasteiger partial charge >= 0.3 is 0 Å². The molecule has 4 aromatic heterocycles. The summed E-state index contributed by atoms with van der Waals surface area (Å²) in [5.74, 6) is 1.48. The Kier molecular flexibility index (Phi) is 6.97. The van der Waals surface area contributed by atoms with Crippen LogP contribution in [0.2, 0.25) is 0 Å². The highest BCUT2D eigenvalue weighted by molar-refractivity contribution is 7.91. The van der Waals surface area contributed by atoms with Crippen molar-refractivity contribution < 1.29 is 13.2 Å². The van der Waals surface area contributed by atoms with Gasteiger partial charge in [-0.2, -0.15) is 0 Å². The number of hydrogen-bond donors (Lipinski definition) is 1. The molecule has 0 unspecified atom stereocenters. The lowest BCUT2D eigenvalue weighted by Crippen LogP contribution is -2.27. The highest BCUT2D eigenvalue weighted by Crippen LogP contribution is 2.45. The molecule has 0 radical (unpaired) electrons. The van der Waals surface area contributed by atoms with Crippen molar-refractivity contribution in [1.82, 2.24) is 29.5 Å². The van der Waals surface area contributed by atoms with Crippen LogP contribution in [0.3, 0.4) is 0 Å². The van der Waals surface area contributed by atoms with Gasteiger partial charge in [0.2, 0.25) is 0 Å². The molecule has 5 heterocycles. The van der Waals surface area contributed by atoms with E-state index in [0.29, 0.717) is 30.5 Å². The molecule has 1 N–H and O–H groups in total. The molecule has 5 aromatic rings. The molecule has 2 atom stereocenters. The summed E-state index contributed by atoms with van der Waals surface area (Å²) in [5, 5.41) is 12.9. The van der Waals surface area contributed by atoms with Crippen LogP contribution in [-0.4, -0.2) is 63.5 Å². The Hall–Kier alpha value is -3.83. The lowest BCUT2D eigenvalue weighted by atomic mass is 9.86.